The molecular formula is C12H17N3O2. The molecule has 92 valence electrons. The lowest BCUT2D eigenvalue weighted by molar-refractivity contribution is 0.222. The summed E-state index contributed by atoms with van der Waals surface area (Å²) in [7, 11) is 1.71. The summed E-state index contributed by atoms with van der Waals surface area (Å²) in [5.41, 5.74) is 1.94. The van der Waals surface area contributed by atoms with Gasteiger partial charge in [-0.3, -0.25) is 4.98 Å². The molecule has 5 heteroatoms. The van der Waals surface area contributed by atoms with Crippen molar-refractivity contribution in [3.05, 3.63) is 29.7 Å². The fourth-order valence-electron chi connectivity index (χ4n) is 1.83. The van der Waals surface area contributed by atoms with Crippen LogP contribution < -0.4 is 4.90 Å². The molecule has 0 aliphatic carbocycles. The van der Waals surface area contributed by atoms with E-state index in [0.717, 1.165) is 25.3 Å². The predicted molar refractivity (Wildman–Crippen MR) is 64.7 cm³/mol. The normalized spacial score (nSPS) is 15.9. The summed E-state index contributed by atoms with van der Waals surface area (Å²) in [6, 6.07) is 0. The molecule has 1 N–H and O–H groups in total. The summed E-state index contributed by atoms with van der Waals surface area (Å²) in [5.74, 6) is 0.856. The van der Waals surface area contributed by atoms with Crippen LogP contribution >= 0.6 is 0 Å². The number of anilines is 1. The lowest BCUT2D eigenvalue weighted by Crippen LogP contribution is -2.30. The first-order valence-electron chi connectivity index (χ1n) is 5.67. The van der Waals surface area contributed by atoms with Crippen molar-refractivity contribution in [2.45, 2.75) is 13.0 Å². The first-order chi connectivity index (χ1) is 8.33. The van der Waals surface area contributed by atoms with Crippen LogP contribution in [0.4, 0.5) is 5.82 Å². The Morgan fingerprint density at radius 2 is 2.29 bits per heavy atom. The maximum atomic E-state index is 8.89. The van der Waals surface area contributed by atoms with Crippen LogP contribution in [0, 0.1) is 0 Å². The molecule has 0 fully saturated rings. The van der Waals surface area contributed by atoms with E-state index in [1.54, 1.807) is 19.5 Å². The van der Waals surface area contributed by atoms with Crippen LogP contribution in [0.15, 0.2) is 24.0 Å². The Labute approximate surface area is 101 Å². The Kier molecular flexibility index (Phi) is 4.06. The van der Waals surface area contributed by atoms with Crippen LogP contribution in [0.25, 0.3) is 0 Å². The van der Waals surface area contributed by atoms with Gasteiger partial charge in [0, 0.05) is 20.2 Å². The Hall–Kier alpha value is -1.46. The highest BCUT2D eigenvalue weighted by molar-refractivity contribution is 5.39. The van der Waals surface area contributed by atoms with Gasteiger partial charge >= 0.3 is 0 Å². The Balaban J connectivity index is 2.00. The third kappa shape index (κ3) is 3.01. The van der Waals surface area contributed by atoms with Gasteiger partial charge in [0.15, 0.2) is 0 Å². The summed E-state index contributed by atoms with van der Waals surface area (Å²) in [6.07, 6.45) is 6.50. The van der Waals surface area contributed by atoms with Gasteiger partial charge in [0.05, 0.1) is 31.3 Å². The van der Waals surface area contributed by atoms with Gasteiger partial charge < -0.3 is 14.7 Å². The average Bonchev–Trinajstić information content (AvgIpc) is 2.40. The van der Waals surface area contributed by atoms with Gasteiger partial charge in [0.2, 0.25) is 0 Å². The van der Waals surface area contributed by atoms with E-state index < -0.39 is 0 Å². The number of rotatable bonds is 4. The first-order valence-corrected chi connectivity index (χ1v) is 5.67. The number of ether oxygens (including phenoxy) is 1. The molecule has 2 heterocycles. The SMILES string of the molecule is COCC1=CCN(c2cnc(CO)cn2)CC1. The van der Waals surface area contributed by atoms with E-state index in [-0.39, 0.29) is 6.61 Å². The van der Waals surface area contributed by atoms with Crippen LogP contribution in [0.2, 0.25) is 0 Å². The van der Waals surface area contributed by atoms with Crippen LogP contribution in [0.3, 0.4) is 0 Å². The van der Waals surface area contributed by atoms with Crippen LogP contribution in [0.5, 0.6) is 0 Å². The van der Waals surface area contributed by atoms with Gasteiger partial charge in [-0.1, -0.05) is 6.08 Å². The topological polar surface area (TPSA) is 58.5 Å². The number of aromatic nitrogens is 2. The van der Waals surface area contributed by atoms with E-state index in [4.69, 9.17) is 9.84 Å². The minimum Gasteiger partial charge on any atom is -0.390 e. The van der Waals surface area contributed by atoms with E-state index in [2.05, 4.69) is 20.9 Å². The summed E-state index contributed by atoms with van der Waals surface area (Å²) in [5, 5.41) is 8.89. The molecule has 1 aliphatic heterocycles. The lowest BCUT2D eigenvalue weighted by Gasteiger charge is -2.26. The second-order valence-corrected chi connectivity index (χ2v) is 4.02. The molecule has 1 aliphatic rings. The van der Waals surface area contributed by atoms with Crippen molar-refractivity contribution >= 4 is 5.82 Å². The average molecular weight is 235 g/mol. The van der Waals surface area contributed by atoms with Crippen molar-refractivity contribution in [1.82, 2.24) is 9.97 Å². The van der Waals surface area contributed by atoms with Gasteiger partial charge in [0.25, 0.3) is 0 Å². The zero-order valence-corrected chi connectivity index (χ0v) is 9.96. The number of aliphatic hydroxyl groups is 1. The molecule has 0 bridgehead atoms. The van der Waals surface area contributed by atoms with Crippen molar-refractivity contribution in [2.24, 2.45) is 0 Å². The highest BCUT2D eigenvalue weighted by atomic mass is 16.5. The predicted octanol–water partition coefficient (Wildman–Crippen LogP) is 0.752. The number of methoxy groups -OCH3 is 1. The minimum absolute atomic E-state index is 0.0643. The highest BCUT2D eigenvalue weighted by Gasteiger charge is 2.13. The molecule has 1 aromatic rings. The Bertz CT molecular complexity index is 389. The molecule has 0 unspecified atom stereocenters. The quantitative estimate of drug-likeness (QED) is 0.780. The third-order valence-corrected chi connectivity index (χ3v) is 2.81. The van der Waals surface area contributed by atoms with Gasteiger partial charge in [0.1, 0.15) is 5.82 Å². The fraction of sp³-hybridized carbons (Fsp3) is 0.500. The third-order valence-electron chi connectivity index (χ3n) is 2.81. The largest absolute Gasteiger partial charge is 0.390 e. The molecule has 1 aromatic heterocycles. The maximum absolute atomic E-state index is 8.89. The standard InChI is InChI=1S/C12H17N3O2/c1-17-9-10-2-4-15(5-3-10)12-7-13-11(8-16)6-14-12/h2,6-7,16H,3-5,8-9H2,1H3. The monoisotopic (exact) mass is 235 g/mol. The van der Waals surface area contributed by atoms with E-state index in [1.807, 2.05) is 0 Å². The summed E-state index contributed by atoms with van der Waals surface area (Å²) in [4.78, 5) is 10.6. The van der Waals surface area contributed by atoms with Crippen molar-refractivity contribution < 1.29 is 9.84 Å². The summed E-state index contributed by atoms with van der Waals surface area (Å²) >= 11 is 0. The molecule has 0 radical (unpaired) electrons. The fourth-order valence-corrected chi connectivity index (χ4v) is 1.83. The van der Waals surface area contributed by atoms with Gasteiger partial charge in [-0.05, 0) is 12.0 Å². The zero-order chi connectivity index (χ0) is 12.1. The molecular weight excluding hydrogens is 218 g/mol. The Morgan fingerprint density at radius 1 is 1.41 bits per heavy atom. The van der Waals surface area contributed by atoms with Crippen LogP contribution in [-0.4, -0.2) is 41.9 Å². The molecule has 0 spiro atoms. The Morgan fingerprint density at radius 3 is 2.82 bits per heavy atom. The zero-order valence-electron chi connectivity index (χ0n) is 9.96. The van der Waals surface area contributed by atoms with Crippen molar-refractivity contribution in [1.29, 1.82) is 0 Å². The maximum Gasteiger partial charge on any atom is 0.147 e. The second kappa shape index (κ2) is 5.75. The molecule has 0 atom stereocenters. The minimum atomic E-state index is -0.0643. The molecule has 0 amide bonds. The molecule has 5 nitrogen and oxygen atoms in total. The molecule has 2 rings (SSSR count). The molecule has 0 saturated carbocycles. The number of hydrogen-bond acceptors (Lipinski definition) is 5. The van der Waals surface area contributed by atoms with E-state index >= 15 is 0 Å². The van der Waals surface area contributed by atoms with E-state index in [1.165, 1.54) is 5.57 Å². The van der Waals surface area contributed by atoms with Gasteiger partial charge in [-0.25, -0.2) is 4.98 Å². The lowest BCUT2D eigenvalue weighted by atomic mass is 10.1. The summed E-state index contributed by atoms with van der Waals surface area (Å²) in [6.45, 7) is 2.42. The first kappa shape index (κ1) is 12.0. The number of nitrogens with zero attached hydrogens (tertiary/aromatic N) is 3. The van der Waals surface area contributed by atoms with Crippen molar-refractivity contribution in [3.63, 3.8) is 0 Å². The second-order valence-electron chi connectivity index (χ2n) is 4.02. The van der Waals surface area contributed by atoms with Gasteiger partial charge in [-0.15, -0.1) is 0 Å². The van der Waals surface area contributed by atoms with E-state index in [9.17, 15) is 0 Å². The smallest absolute Gasteiger partial charge is 0.147 e. The van der Waals surface area contributed by atoms with E-state index in [0.29, 0.717) is 12.3 Å². The molecule has 0 saturated heterocycles. The highest BCUT2D eigenvalue weighted by Crippen LogP contribution is 2.16. The summed E-state index contributed by atoms with van der Waals surface area (Å²) < 4.78 is 5.11. The van der Waals surface area contributed by atoms with Gasteiger partial charge in [-0.2, -0.15) is 0 Å². The number of hydrogen-bond donors (Lipinski definition) is 1. The van der Waals surface area contributed by atoms with Crippen LogP contribution in [-0.2, 0) is 11.3 Å². The van der Waals surface area contributed by atoms with Crippen LogP contribution in [0.1, 0.15) is 12.1 Å². The molecule has 0 aromatic carbocycles. The molecule has 17 heavy (non-hydrogen) atoms. The van der Waals surface area contributed by atoms with Crippen molar-refractivity contribution in [3.8, 4) is 0 Å². The van der Waals surface area contributed by atoms with Crippen molar-refractivity contribution in [2.75, 3.05) is 31.7 Å². The number of aliphatic hydroxyl groups excluding tert-OH is 1.